The Morgan fingerprint density at radius 2 is 1.82 bits per heavy atom. The third-order valence-corrected chi connectivity index (χ3v) is 4.91. The summed E-state index contributed by atoms with van der Waals surface area (Å²) < 4.78 is 2.24. The fraction of sp³-hybridized carbons (Fsp3) is 0.0833. The Labute approximate surface area is 163 Å². The van der Waals surface area contributed by atoms with Crippen LogP contribution in [0.15, 0.2) is 91.4 Å². The summed E-state index contributed by atoms with van der Waals surface area (Å²) in [5.41, 5.74) is 5.01. The lowest BCUT2D eigenvalue weighted by Crippen LogP contribution is -2.11. The molecule has 2 heterocycles. The Morgan fingerprint density at radius 3 is 2.54 bits per heavy atom. The molecule has 0 aliphatic heterocycles. The molecule has 4 rings (SSSR count). The first-order chi connectivity index (χ1) is 13.6. The molecule has 0 aliphatic rings. The predicted octanol–water partition coefficient (Wildman–Crippen LogP) is 5.16. The Hall–Kier alpha value is -3.66. The number of carboxylic acids is 1. The monoisotopic (exact) mass is 368 g/mol. The third kappa shape index (κ3) is 3.45. The summed E-state index contributed by atoms with van der Waals surface area (Å²) in [5, 5.41) is 10.1. The van der Waals surface area contributed by atoms with Crippen LogP contribution in [0, 0.1) is 0 Å². The Balaban J connectivity index is 1.85. The summed E-state index contributed by atoms with van der Waals surface area (Å²) in [6, 6.07) is 22.5. The molecule has 1 N–H and O–H groups in total. The molecule has 0 saturated heterocycles. The molecular weight excluding hydrogens is 348 g/mol. The Bertz CT molecular complexity index is 1110. The minimum atomic E-state index is -0.934. The number of nitrogens with zero attached hydrogens (tertiary/aromatic N) is 2. The predicted molar refractivity (Wildman–Crippen MR) is 111 cm³/mol. The van der Waals surface area contributed by atoms with Crippen LogP contribution < -0.4 is 0 Å². The van der Waals surface area contributed by atoms with Gasteiger partial charge in [0.25, 0.3) is 0 Å². The second-order valence-corrected chi connectivity index (χ2v) is 6.76. The van der Waals surface area contributed by atoms with Gasteiger partial charge in [0.1, 0.15) is 0 Å². The molecule has 2 aromatic heterocycles. The summed E-state index contributed by atoms with van der Waals surface area (Å²) in [6.45, 7) is 1.81. The molecule has 0 spiro atoms. The third-order valence-electron chi connectivity index (χ3n) is 4.91. The number of pyridine rings is 1. The second kappa shape index (κ2) is 7.53. The van der Waals surface area contributed by atoms with E-state index in [4.69, 9.17) is 5.11 Å². The van der Waals surface area contributed by atoms with Crippen LogP contribution in [0.25, 0.3) is 16.5 Å². The quantitative estimate of drug-likeness (QED) is 0.495. The van der Waals surface area contributed by atoms with Crippen molar-refractivity contribution >= 4 is 22.4 Å². The fourth-order valence-corrected chi connectivity index (χ4v) is 3.59. The molecule has 138 valence electrons. The van der Waals surface area contributed by atoms with Crippen LogP contribution in [0.5, 0.6) is 0 Å². The molecule has 0 aliphatic carbocycles. The largest absolute Gasteiger partial charge is 0.478 e. The van der Waals surface area contributed by atoms with E-state index in [-0.39, 0.29) is 6.04 Å². The maximum Gasteiger partial charge on any atom is 0.328 e. The minimum absolute atomic E-state index is 0.00825. The SMILES string of the molecule is C/C(=C\C(=O)O)c1ccc2c(ccn2C(c2ccccc2)c2cccnc2)c1. The molecule has 0 fully saturated rings. The van der Waals surface area contributed by atoms with Crippen molar-refractivity contribution in [2.24, 2.45) is 0 Å². The smallest absolute Gasteiger partial charge is 0.328 e. The van der Waals surface area contributed by atoms with E-state index in [0.29, 0.717) is 0 Å². The van der Waals surface area contributed by atoms with Crippen LogP contribution >= 0.6 is 0 Å². The lowest BCUT2D eigenvalue weighted by atomic mass is 9.99. The summed E-state index contributed by atoms with van der Waals surface area (Å²) >= 11 is 0. The number of fused-ring (bicyclic) bond motifs is 1. The zero-order valence-corrected chi connectivity index (χ0v) is 15.5. The van der Waals surface area contributed by atoms with E-state index >= 15 is 0 Å². The highest BCUT2D eigenvalue weighted by Crippen LogP contribution is 2.31. The van der Waals surface area contributed by atoms with Gasteiger partial charge in [-0.05, 0) is 53.5 Å². The van der Waals surface area contributed by atoms with Gasteiger partial charge in [-0.25, -0.2) is 4.79 Å². The van der Waals surface area contributed by atoms with E-state index in [1.165, 1.54) is 11.6 Å². The van der Waals surface area contributed by atoms with Crippen molar-refractivity contribution in [2.75, 3.05) is 0 Å². The number of aromatic nitrogens is 2. The maximum atomic E-state index is 11.0. The lowest BCUT2D eigenvalue weighted by molar-refractivity contribution is -0.131. The number of rotatable bonds is 5. The standard InChI is InChI=1S/C24H20N2O2/c1-17(14-23(27)28)19-9-10-22-20(15-19)11-13-26(22)24(18-6-3-2-4-7-18)21-8-5-12-25-16-21/h2-16,24H,1H3,(H,27,28)/b17-14+. The Kier molecular flexibility index (Phi) is 4.77. The van der Waals surface area contributed by atoms with E-state index in [1.807, 2.05) is 49.5 Å². The number of aliphatic carboxylic acids is 1. The number of allylic oxidation sites excluding steroid dienone is 1. The first kappa shape index (κ1) is 17.7. The van der Waals surface area contributed by atoms with Crippen LogP contribution in [-0.2, 0) is 4.79 Å². The van der Waals surface area contributed by atoms with Crippen molar-refractivity contribution < 1.29 is 9.90 Å². The maximum absolute atomic E-state index is 11.0. The zero-order valence-electron chi connectivity index (χ0n) is 15.5. The molecule has 0 bridgehead atoms. The zero-order chi connectivity index (χ0) is 19.5. The summed E-state index contributed by atoms with van der Waals surface area (Å²) in [5.74, 6) is -0.934. The second-order valence-electron chi connectivity index (χ2n) is 6.76. The fourth-order valence-electron chi connectivity index (χ4n) is 3.59. The molecule has 2 aromatic carbocycles. The van der Waals surface area contributed by atoms with Crippen LogP contribution in [0.3, 0.4) is 0 Å². The molecule has 4 aromatic rings. The van der Waals surface area contributed by atoms with Gasteiger partial charge in [-0.2, -0.15) is 0 Å². The van der Waals surface area contributed by atoms with Crippen molar-refractivity contribution in [2.45, 2.75) is 13.0 Å². The van der Waals surface area contributed by atoms with E-state index in [0.717, 1.165) is 27.6 Å². The first-order valence-electron chi connectivity index (χ1n) is 9.10. The van der Waals surface area contributed by atoms with Crippen molar-refractivity contribution in [1.29, 1.82) is 0 Å². The van der Waals surface area contributed by atoms with Crippen LogP contribution in [0.4, 0.5) is 0 Å². The van der Waals surface area contributed by atoms with E-state index in [9.17, 15) is 4.79 Å². The van der Waals surface area contributed by atoms with Crippen molar-refractivity contribution in [3.63, 3.8) is 0 Å². The van der Waals surface area contributed by atoms with E-state index in [2.05, 4.69) is 46.1 Å². The average Bonchev–Trinajstić information content (AvgIpc) is 3.12. The van der Waals surface area contributed by atoms with Crippen LogP contribution in [-0.4, -0.2) is 20.6 Å². The minimum Gasteiger partial charge on any atom is -0.478 e. The number of carbonyl (C=O) groups is 1. The van der Waals surface area contributed by atoms with Crippen molar-refractivity contribution in [3.05, 3.63) is 108 Å². The van der Waals surface area contributed by atoms with E-state index < -0.39 is 5.97 Å². The van der Waals surface area contributed by atoms with Crippen LogP contribution in [0.1, 0.15) is 29.7 Å². The van der Waals surface area contributed by atoms with Gasteiger partial charge in [0.05, 0.1) is 6.04 Å². The van der Waals surface area contributed by atoms with Gasteiger partial charge in [-0.1, -0.05) is 42.5 Å². The van der Waals surface area contributed by atoms with Gasteiger partial charge in [0, 0.05) is 35.6 Å². The molecule has 28 heavy (non-hydrogen) atoms. The molecule has 4 nitrogen and oxygen atoms in total. The summed E-state index contributed by atoms with van der Waals surface area (Å²) in [7, 11) is 0. The number of hydrogen-bond donors (Lipinski definition) is 1. The van der Waals surface area contributed by atoms with Gasteiger partial charge in [0.15, 0.2) is 0 Å². The molecule has 0 amide bonds. The Morgan fingerprint density at radius 1 is 1.04 bits per heavy atom. The molecule has 1 unspecified atom stereocenters. The van der Waals surface area contributed by atoms with Gasteiger partial charge >= 0.3 is 5.97 Å². The van der Waals surface area contributed by atoms with Crippen LogP contribution in [0.2, 0.25) is 0 Å². The van der Waals surface area contributed by atoms with Gasteiger partial charge in [-0.3, -0.25) is 4.98 Å². The number of benzene rings is 2. The highest BCUT2D eigenvalue weighted by molar-refractivity contribution is 5.92. The first-order valence-corrected chi connectivity index (χ1v) is 9.10. The summed E-state index contributed by atoms with van der Waals surface area (Å²) in [6.07, 6.45) is 7.00. The number of hydrogen-bond acceptors (Lipinski definition) is 2. The topological polar surface area (TPSA) is 55.1 Å². The van der Waals surface area contributed by atoms with Crippen molar-refractivity contribution in [3.8, 4) is 0 Å². The molecular formula is C24H20N2O2. The molecule has 4 heteroatoms. The van der Waals surface area contributed by atoms with Gasteiger partial charge in [0.2, 0.25) is 0 Å². The van der Waals surface area contributed by atoms with Crippen molar-refractivity contribution in [1.82, 2.24) is 9.55 Å². The highest BCUT2D eigenvalue weighted by atomic mass is 16.4. The van der Waals surface area contributed by atoms with Gasteiger partial charge < -0.3 is 9.67 Å². The molecule has 0 radical (unpaired) electrons. The lowest BCUT2D eigenvalue weighted by Gasteiger charge is -2.21. The van der Waals surface area contributed by atoms with E-state index in [1.54, 1.807) is 6.20 Å². The number of carboxylic acid groups (broad SMARTS) is 1. The highest BCUT2D eigenvalue weighted by Gasteiger charge is 2.18. The van der Waals surface area contributed by atoms with Gasteiger partial charge in [-0.15, -0.1) is 0 Å². The average molecular weight is 368 g/mol. The molecule has 1 atom stereocenters. The summed E-state index contributed by atoms with van der Waals surface area (Å²) in [4.78, 5) is 15.3. The molecule has 0 saturated carbocycles. The normalized spacial score (nSPS) is 12.8.